The second-order valence-corrected chi connectivity index (χ2v) is 8.18. The summed E-state index contributed by atoms with van der Waals surface area (Å²) in [4.78, 5) is 10.8. The third-order valence-corrected chi connectivity index (χ3v) is 6.69. The lowest BCUT2D eigenvalue weighted by Gasteiger charge is -2.23. The van der Waals surface area contributed by atoms with Gasteiger partial charge in [-0.25, -0.2) is 17.9 Å². The molecule has 1 aliphatic carbocycles. The Morgan fingerprint density at radius 3 is 2.52 bits per heavy atom. The van der Waals surface area contributed by atoms with Gasteiger partial charge in [0.25, 0.3) is 0 Å². The SMILES string of the molecule is C[C@@H](NS(=O)(=O)c1ccsc1C(=O)O)C1CCCCCC1. The van der Waals surface area contributed by atoms with Crippen molar-refractivity contribution in [3.63, 3.8) is 0 Å². The summed E-state index contributed by atoms with van der Waals surface area (Å²) in [6.07, 6.45) is 6.75. The highest BCUT2D eigenvalue weighted by Gasteiger charge is 2.28. The Labute approximate surface area is 129 Å². The second-order valence-electron chi connectivity index (χ2n) is 5.58. The molecule has 0 amide bonds. The monoisotopic (exact) mass is 331 g/mol. The predicted octanol–water partition coefficient (Wildman–Crippen LogP) is 3.08. The molecule has 1 saturated carbocycles. The number of hydrogen-bond donors (Lipinski definition) is 2. The average molecular weight is 331 g/mol. The smallest absolute Gasteiger partial charge is 0.347 e. The third-order valence-electron chi connectivity index (χ3n) is 4.06. The first-order valence-electron chi connectivity index (χ1n) is 7.25. The highest BCUT2D eigenvalue weighted by Crippen LogP contribution is 2.27. The predicted molar refractivity (Wildman–Crippen MR) is 82.3 cm³/mol. The van der Waals surface area contributed by atoms with Crippen molar-refractivity contribution in [3.05, 3.63) is 16.3 Å². The van der Waals surface area contributed by atoms with Crippen molar-refractivity contribution in [1.82, 2.24) is 4.72 Å². The fourth-order valence-corrected chi connectivity index (χ4v) is 5.45. The van der Waals surface area contributed by atoms with Crippen LogP contribution in [0.2, 0.25) is 0 Å². The van der Waals surface area contributed by atoms with Crippen LogP contribution in [0.25, 0.3) is 0 Å². The average Bonchev–Trinajstić information content (AvgIpc) is 2.75. The number of thiophene rings is 1. The number of carbonyl (C=O) groups is 1. The van der Waals surface area contributed by atoms with Crippen LogP contribution in [-0.4, -0.2) is 25.5 Å². The number of sulfonamides is 1. The van der Waals surface area contributed by atoms with Crippen LogP contribution in [0.3, 0.4) is 0 Å². The van der Waals surface area contributed by atoms with Crippen molar-refractivity contribution in [2.24, 2.45) is 5.92 Å². The van der Waals surface area contributed by atoms with Gasteiger partial charge in [-0.1, -0.05) is 25.7 Å². The number of nitrogens with one attached hydrogen (secondary N) is 1. The molecule has 1 fully saturated rings. The van der Waals surface area contributed by atoms with Crippen LogP contribution in [0.4, 0.5) is 0 Å². The largest absolute Gasteiger partial charge is 0.477 e. The van der Waals surface area contributed by atoms with E-state index in [9.17, 15) is 13.2 Å². The standard InChI is InChI=1S/C14H21NO4S2/c1-10(11-6-4-2-3-5-7-11)15-21(18,19)12-8-9-20-13(12)14(16)17/h8-11,15H,2-7H2,1H3,(H,16,17)/t10-/m1/s1. The third kappa shape index (κ3) is 4.05. The Balaban J connectivity index is 2.12. The van der Waals surface area contributed by atoms with Gasteiger partial charge in [-0.05, 0) is 37.1 Å². The molecule has 7 heteroatoms. The molecular weight excluding hydrogens is 310 g/mol. The summed E-state index contributed by atoms with van der Waals surface area (Å²) in [7, 11) is -3.77. The Morgan fingerprint density at radius 1 is 1.33 bits per heavy atom. The number of rotatable bonds is 5. The van der Waals surface area contributed by atoms with Crippen LogP contribution >= 0.6 is 11.3 Å². The van der Waals surface area contributed by atoms with Crippen molar-refractivity contribution < 1.29 is 18.3 Å². The minimum absolute atomic E-state index is 0.125. The van der Waals surface area contributed by atoms with E-state index >= 15 is 0 Å². The van der Waals surface area contributed by atoms with E-state index in [0.717, 1.165) is 37.0 Å². The van der Waals surface area contributed by atoms with Gasteiger partial charge in [0, 0.05) is 6.04 Å². The van der Waals surface area contributed by atoms with Crippen molar-refractivity contribution in [2.45, 2.75) is 56.4 Å². The lowest BCUT2D eigenvalue weighted by molar-refractivity contribution is 0.0698. The Bertz CT molecular complexity index is 586. The zero-order chi connectivity index (χ0) is 15.5. The molecule has 1 atom stereocenters. The van der Waals surface area contributed by atoms with E-state index in [4.69, 9.17) is 5.11 Å². The molecule has 1 aromatic heterocycles. The van der Waals surface area contributed by atoms with E-state index in [2.05, 4.69) is 4.72 Å². The number of aromatic carboxylic acids is 1. The molecule has 0 bridgehead atoms. The summed E-state index contributed by atoms with van der Waals surface area (Å²) in [5.41, 5.74) is 0. The van der Waals surface area contributed by atoms with Crippen LogP contribution in [0, 0.1) is 5.92 Å². The van der Waals surface area contributed by atoms with Gasteiger partial charge in [0.2, 0.25) is 10.0 Å². The molecule has 0 radical (unpaired) electrons. The maximum Gasteiger partial charge on any atom is 0.347 e. The topological polar surface area (TPSA) is 83.5 Å². The van der Waals surface area contributed by atoms with Crippen molar-refractivity contribution >= 4 is 27.3 Å². The molecule has 0 aliphatic heterocycles. The number of hydrogen-bond acceptors (Lipinski definition) is 4. The fourth-order valence-electron chi connectivity index (χ4n) is 2.88. The van der Waals surface area contributed by atoms with Gasteiger partial charge in [0.1, 0.15) is 9.77 Å². The fraction of sp³-hybridized carbons (Fsp3) is 0.643. The molecule has 118 valence electrons. The first-order valence-corrected chi connectivity index (χ1v) is 9.61. The second kappa shape index (κ2) is 6.89. The zero-order valence-corrected chi connectivity index (χ0v) is 13.7. The van der Waals surface area contributed by atoms with Gasteiger partial charge in [-0.15, -0.1) is 11.3 Å². The summed E-state index contributed by atoms with van der Waals surface area (Å²) in [6.45, 7) is 1.88. The molecule has 0 spiro atoms. The van der Waals surface area contributed by atoms with E-state index in [1.807, 2.05) is 6.92 Å². The van der Waals surface area contributed by atoms with E-state index in [0.29, 0.717) is 5.92 Å². The Hall–Kier alpha value is -0.920. The number of carboxylic acid groups (broad SMARTS) is 1. The molecule has 1 heterocycles. The van der Waals surface area contributed by atoms with Crippen LogP contribution in [0.1, 0.15) is 55.1 Å². The van der Waals surface area contributed by atoms with Crippen LogP contribution in [0.5, 0.6) is 0 Å². The first-order chi connectivity index (χ1) is 9.92. The summed E-state index contributed by atoms with van der Waals surface area (Å²) < 4.78 is 27.4. The quantitative estimate of drug-likeness (QED) is 0.812. The van der Waals surface area contributed by atoms with Crippen LogP contribution in [-0.2, 0) is 10.0 Å². The molecule has 5 nitrogen and oxygen atoms in total. The summed E-state index contributed by atoms with van der Waals surface area (Å²) in [5.74, 6) is -0.873. The van der Waals surface area contributed by atoms with Gasteiger partial charge in [0.05, 0.1) is 0 Å². The van der Waals surface area contributed by atoms with Gasteiger partial charge in [-0.2, -0.15) is 0 Å². The highest BCUT2D eigenvalue weighted by molar-refractivity contribution is 7.89. The molecule has 2 N–H and O–H groups in total. The van der Waals surface area contributed by atoms with E-state index in [1.165, 1.54) is 24.3 Å². The maximum atomic E-state index is 12.4. The van der Waals surface area contributed by atoms with Crippen molar-refractivity contribution in [3.8, 4) is 0 Å². The summed E-state index contributed by atoms with van der Waals surface area (Å²) in [6, 6.07) is 1.19. The summed E-state index contributed by atoms with van der Waals surface area (Å²) in [5, 5.41) is 10.6. The maximum absolute atomic E-state index is 12.4. The molecule has 1 aliphatic rings. The molecule has 0 unspecified atom stereocenters. The molecule has 0 saturated heterocycles. The minimum Gasteiger partial charge on any atom is -0.477 e. The summed E-state index contributed by atoms with van der Waals surface area (Å²) >= 11 is 0.932. The zero-order valence-electron chi connectivity index (χ0n) is 12.0. The van der Waals surface area contributed by atoms with E-state index in [-0.39, 0.29) is 15.8 Å². The minimum atomic E-state index is -3.77. The molecular formula is C14H21NO4S2. The molecule has 1 aromatic rings. The Kier molecular flexibility index (Phi) is 5.40. The van der Waals surface area contributed by atoms with Crippen molar-refractivity contribution in [2.75, 3.05) is 0 Å². The lowest BCUT2D eigenvalue weighted by Crippen LogP contribution is -2.38. The first kappa shape index (κ1) is 16.5. The Morgan fingerprint density at radius 2 is 1.95 bits per heavy atom. The molecule has 0 aromatic carbocycles. The number of carboxylic acids is 1. The lowest BCUT2D eigenvalue weighted by atomic mass is 9.94. The van der Waals surface area contributed by atoms with Crippen LogP contribution in [0.15, 0.2) is 16.3 Å². The van der Waals surface area contributed by atoms with Crippen molar-refractivity contribution in [1.29, 1.82) is 0 Å². The normalized spacial score (nSPS) is 19.1. The van der Waals surface area contributed by atoms with Gasteiger partial charge in [0.15, 0.2) is 0 Å². The van der Waals surface area contributed by atoms with Gasteiger partial charge < -0.3 is 5.11 Å². The van der Waals surface area contributed by atoms with E-state index < -0.39 is 16.0 Å². The van der Waals surface area contributed by atoms with E-state index in [1.54, 1.807) is 0 Å². The van der Waals surface area contributed by atoms with Gasteiger partial charge in [-0.3, -0.25) is 0 Å². The van der Waals surface area contributed by atoms with Crippen LogP contribution < -0.4 is 4.72 Å². The van der Waals surface area contributed by atoms with Gasteiger partial charge >= 0.3 is 5.97 Å². The molecule has 21 heavy (non-hydrogen) atoms. The molecule has 2 rings (SSSR count). The highest BCUT2D eigenvalue weighted by atomic mass is 32.2.